The number of fused-ring (bicyclic) bond motifs is 1. The molecule has 0 atom stereocenters. The summed E-state index contributed by atoms with van der Waals surface area (Å²) in [5.41, 5.74) is 2.75. The summed E-state index contributed by atoms with van der Waals surface area (Å²) in [6.07, 6.45) is 3.05. The highest BCUT2D eigenvalue weighted by Gasteiger charge is 2.17. The van der Waals surface area contributed by atoms with Gasteiger partial charge in [0.25, 0.3) is 0 Å². The van der Waals surface area contributed by atoms with Crippen molar-refractivity contribution in [2.75, 3.05) is 25.0 Å². The molecule has 5 nitrogen and oxygen atoms in total. The van der Waals surface area contributed by atoms with E-state index in [0.29, 0.717) is 24.5 Å². The van der Waals surface area contributed by atoms with Crippen LogP contribution in [0.5, 0.6) is 0 Å². The summed E-state index contributed by atoms with van der Waals surface area (Å²) in [7, 11) is 0. The van der Waals surface area contributed by atoms with Gasteiger partial charge in [-0.2, -0.15) is 5.26 Å². The van der Waals surface area contributed by atoms with Gasteiger partial charge in [-0.3, -0.25) is 4.79 Å². The van der Waals surface area contributed by atoms with Gasteiger partial charge in [0.05, 0.1) is 12.1 Å². The van der Waals surface area contributed by atoms with Crippen LogP contribution in [0.15, 0.2) is 6.07 Å². The number of aromatic nitrogens is 1. The lowest BCUT2D eigenvalue weighted by Gasteiger charge is -2.19. The smallest absolute Gasteiger partial charge is 0.241 e. The van der Waals surface area contributed by atoms with Crippen LogP contribution in [0.2, 0.25) is 0 Å². The SMILES string of the molecule is CCN(CC)C(=O)CNc1nc2c(cc1C#N)CCC2. The lowest BCUT2D eigenvalue weighted by Crippen LogP contribution is -2.35. The van der Waals surface area contributed by atoms with Gasteiger partial charge in [-0.1, -0.05) is 0 Å². The molecule has 0 saturated heterocycles. The topological polar surface area (TPSA) is 69.0 Å². The van der Waals surface area contributed by atoms with E-state index in [1.807, 2.05) is 19.9 Å². The molecule has 0 spiro atoms. The first-order valence-electron chi connectivity index (χ1n) is 7.14. The molecule has 2 rings (SSSR count). The molecule has 1 aromatic heterocycles. The van der Waals surface area contributed by atoms with Gasteiger partial charge in [0, 0.05) is 18.8 Å². The van der Waals surface area contributed by atoms with Crippen molar-refractivity contribution in [1.82, 2.24) is 9.88 Å². The summed E-state index contributed by atoms with van der Waals surface area (Å²) in [6.45, 7) is 5.48. The van der Waals surface area contributed by atoms with Gasteiger partial charge >= 0.3 is 0 Å². The largest absolute Gasteiger partial charge is 0.360 e. The Morgan fingerprint density at radius 2 is 2.20 bits per heavy atom. The number of hydrogen-bond donors (Lipinski definition) is 1. The van der Waals surface area contributed by atoms with Crippen LogP contribution < -0.4 is 5.32 Å². The van der Waals surface area contributed by atoms with Crippen molar-refractivity contribution in [3.05, 3.63) is 22.9 Å². The van der Waals surface area contributed by atoms with E-state index in [0.717, 1.165) is 25.0 Å². The standard InChI is InChI=1S/C15H20N4O/c1-3-19(4-2)14(20)10-17-15-12(9-16)8-11-6-5-7-13(11)18-15/h8H,3-7,10H2,1-2H3,(H,17,18). The first-order chi connectivity index (χ1) is 9.69. The third-order valence-corrected chi connectivity index (χ3v) is 3.69. The van der Waals surface area contributed by atoms with Gasteiger partial charge in [-0.15, -0.1) is 0 Å². The Kier molecular flexibility index (Phi) is 4.57. The number of nitriles is 1. The minimum Gasteiger partial charge on any atom is -0.360 e. The predicted octanol–water partition coefficient (Wildman–Crippen LogP) is 1.72. The van der Waals surface area contributed by atoms with Crippen molar-refractivity contribution >= 4 is 11.7 Å². The molecule has 1 aromatic rings. The fraction of sp³-hybridized carbons (Fsp3) is 0.533. The van der Waals surface area contributed by atoms with Crippen molar-refractivity contribution in [1.29, 1.82) is 5.26 Å². The number of nitrogens with one attached hydrogen (secondary N) is 1. The summed E-state index contributed by atoms with van der Waals surface area (Å²) in [4.78, 5) is 18.2. The quantitative estimate of drug-likeness (QED) is 0.886. The maximum absolute atomic E-state index is 12.0. The highest BCUT2D eigenvalue weighted by atomic mass is 16.2. The number of likely N-dealkylation sites (N-methyl/N-ethyl adjacent to an activating group) is 1. The van der Waals surface area contributed by atoms with Crippen molar-refractivity contribution in [3.63, 3.8) is 0 Å². The number of pyridine rings is 1. The number of anilines is 1. The van der Waals surface area contributed by atoms with Gasteiger partial charge in [-0.25, -0.2) is 4.98 Å². The maximum Gasteiger partial charge on any atom is 0.241 e. The van der Waals surface area contributed by atoms with Crippen LogP contribution in [0.25, 0.3) is 0 Å². The van der Waals surface area contributed by atoms with Crippen LogP contribution in [-0.4, -0.2) is 35.4 Å². The van der Waals surface area contributed by atoms with Crippen LogP contribution >= 0.6 is 0 Å². The Morgan fingerprint density at radius 3 is 2.85 bits per heavy atom. The van der Waals surface area contributed by atoms with Crippen LogP contribution in [0, 0.1) is 11.3 Å². The Morgan fingerprint density at radius 1 is 1.45 bits per heavy atom. The monoisotopic (exact) mass is 272 g/mol. The second kappa shape index (κ2) is 6.38. The molecular weight excluding hydrogens is 252 g/mol. The van der Waals surface area contributed by atoms with Crippen molar-refractivity contribution in [2.24, 2.45) is 0 Å². The average molecular weight is 272 g/mol. The fourth-order valence-corrected chi connectivity index (χ4v) is 2.54. The average Bonchev–Trinajstić information content (AvgIpc) is 2.92. The molecule has 1 aliphatic carbocycles. The third kappa shape index (κ3) is 2.90. The number of amides is 1. The van der Waals surface area contributed by atoms with Crippen molar-refractivity contribution in [3.8, 4) is 6.07 Å². The molecule has 0 unspecified atom stereocenters. The zero-order valence-electron chi connectivity index (χ0n) is 12.1. The Balaban J connectivity index is 2.10. The molecule has 0 fully saturated rings. The normalized spacial score (nSPS) is 12.7. The van der Waals surface area contributed by atoms with E-state index in [1.54, 1.807) is 4.90 Å². The lowest BCUT2D eigenvalue weighted by molar-refractivity contribution is -0.128. The Bertz CT molecular complexity index is 544. The Hall–Kier alpha value is -2.09. The first kappa shape index (κ1) is 14.3. The number of carbonyl (C=O) groups excluding carboxylic acids is 1. The van der Waals surface area contributed by atoms with Gasteiger partial charge in [0.2, 0.25) is 5.91 Å². The van der Waals surface area contributed by atoms with Crippen LogP contribution in [-0.2, 0) is 17.6 Å². The number of aryl methyl sites for hydroxylation is 2. The van der Waals surface area contributed by atoms with E-state index in [9.17, 15) is 10.1 Å². The summed E-state index contributed by atoms with van der Waals surface area (Å²) >= 11 is 0. The summed E-state index contributed by atoms with van der Waals surface area (Å²) in [6, 6.07) is 4.06. The molecule has 0 bridgehead atoms. The highest BCUT2D eigenvalue weighted by molar-refractivity contribution is 5.81. The second-order valence-electron chi connectivity index (χ2n) is 4.88. The minimum atomic E-state index is 0.0289. The van der Waals surface area contributed by atoms with E-state index < -0.39 is 0 Å². The fourth-order valence-electron chi connectivity index (χ4n) is 2.54. The molecular formula is C15H20N4O. The lowest BCUT2D eigenvalue weighted by atomic mass is 10.1. The van der Waals surface area contributed by atoms with Gasteiger partial charge in [0.1, 0.15) is 11.9 Å². The molecule has 0 aliphatic heterocycles. The van der Waals surface area contributed by atoms with E-state index in [2.05, 4.69) is 16.4 Å². The minimum absolute atomic E-state index is 0.0289. The number of rotatable bonds is 5. The van der Waals surface area contributed by atoms with Crippen molar-refractivity contribution < 1.29 is 4.79 Å². The van der Waals surface area contributed by atoms with E-state index in [-0.39, 0.29) is 12.5 Å². The molecule has 1 amide bonds. The third-order valence-electron chi connectivity index (χ3n) is 3.69. The van der Waals surface area contributed by atoms with Crippen LogP contribution in [0.3, 0.4) is 0 Å². The van der Waals surface area contributed by atoms with E-state index in [1.165, 1.54) is 5.56 Å². The van der Waals surface area contributed by atoms with Gasteiger partial charge < -0.3 is 10.2 Å². The molecule has 0 aromatic carbocycles. The van der Waals surface area contributed by atoms with Gasteiger partial charge in [-0.05, 0) is 44.7 Å². The van der Waals surface area contributed by atoms with Crippen LogP contribution in [0.1, 0.15) is 37.1 Å². The molecule has 1 N–H and O–H groups in total. The molecule has 106 valence electrons. The molecule has 1 heterocycles. The second-order valence-corrected chi connectivity index (χ2v) is 4.88. The number of hydrogen-bond acceptors (Lipinski definition) is 4. The number of nitrogens with zero attached hydrogens (tertiary/aromatic N) is 3. The Labute approximate surface area is 119 Å². The maximum atomic E-state index is 12.0. The highest BCUT2D eigenvalue weighted by Crippen LogP contribution is 2.24. The summed E-state index contributed by atoms with van der Waals surface area (Å²) in [5, 5.41) is 12.2. The summed E-state index contributed by atoms with van der Waals surface area (Å²) < 4.78 is 0. The zero-order valence-corrected chi connectivity index (χ0v) is 12.1. The van der Waals surface area contributed by atoms with E-state index in [4.69, 9.17) is 0 Å². The molecule has 1 aliphatic rings. The first-order valence-corrected chi connectivity index (χ1v) is 7.14. The van der Waals surface area contributed by atoms with Gasteiger partial charge in [0.15, 0.2) is 0 Å². The number of carbonyl (C=O) groups is 1. The summed E-state index contributed by atoms with van der Waals surface area (Å²) in [5.74, 6) is 0.565. The van der Waals surface area contributed by atoms with Crippen LogP contribution in [0.4, 0.5) is 5.82 Å². The molecule has 0 saturated carbocycles. The predicted molar refractivity (Wildman–Crippen MR) is 77.4 cm³/mol. The zero-order chi connectivity index (χ0) is 14.5. The molecule has 5 heteroatoms. The molecule has 0 radical (unpaired) electrons. The van der Waals surface area contributed by atoms with Crippen molar-refractivity contribution in [2.45, 2.75) is 33.1 Å². The molecule has 20 heavy (non-hydrogen) atoms. The van der Waals surface area contributed by atoms with E-state index >= 15 is 0 Å².